The van der Waals surface area contributed by atoms with Crippen molar-refractivity contribution in [2.24, 2.45) is 20.9 Å². The number of nitrogens with one attached hydrogen (secondary N) is 1. The van der Waals surface area contributed by atoms with Gasteiger partial charge < -0.3 is 5.32 Å². The van der Waals surface area contributed by atoms with Gasteiger partial charge in [0, 0.05) is 23.5 Å². The van der Waals surface area contributed by atoms with Crippen LogP contribution in [-0.2, 0) is 0 Å². The van der Waals surface area contributed by atoms with Crippen LogP contribution in [0.3, 0.4) is 0 Å². The van der Waals surface area contributed by atoms with Gasteiger partial charge in [-0.05, 0) is 39.8 Å². The van der Waals surface area contributed by atoms with Crippen LogP contribution in [-0.4, -0.2) is 33.4 Å². The summed E-state index contributed by atoms with van der Waals surface area (Å²) in [7, 11) is 0. The van der Waals surface area contributed by atoms with Gasteiger partial charge in [-0.15, -0.1) is 0 Å². The fraction of sp³-hybridized carbons (Fsp3) is 0.286. The lowest BCUT2D eigenvalue weighted by Crippen LogP contribution is -2.53. The van der Waals surface area contributed by atoms with E-state index < -0.39 is 6.29 Å². The van der Waals surface area contributed by atoms with Crippen LogP contribution >= 0.6 is 0 Å². The van der Waals surface area contributed by atoms with Crippen LogP contribution in [0.4, 0.5) is 4.39 Å². The Balaban J connectivity index is 1.65. The standard InChI is InChI=1S/C21H21FN6/c1-11-5-6-12(2)18(11)19-23-16-9-15(22)10-17-24-20(26-21(25-19)28(16)17)27-13(3)7-8-14(27)4/h5-10,18,21H,1-4H3,(H,23,25). The second kappa shape index (κ2) is 5.89. The number of amidine groups is 2. The third-order valence-electron chi connectivity index (χ3n) is 5.50. The van der Waals surface area contributed by atoms with Gasteiger partial charge >= 0.3 is 0 Å². The minimum atomic E-state index is -0.517. The van der Waals surface area contributed by atoms with Crippen molar-refractivity contribution >= 4 is 17.6 Å². The van der Waals surface area contributed by atoms with Gasteiger partial charge in [-0.25, -0.2) is 14.4 Å². The van der Waals surface area contributed by atoms with Crippen LogP contribution in [0.25, 0.3) is 0 Å². The van der Waals surface area contributed by atoms with Crippen molar-refractivity contribution in [1.82, 2.24) is 14.8 Å². The Morgan fingerprint density at radius 3 is 2.32 bits per heavy atom. The monoisotopic (exact) mass is 376 g/mol. The first-order valence-electron chi connectivity index (χ1n) is 9.32. The third-order valence-corrected chi connectivity index (χ3v) is 5.50. The van der Waals surface area contributed by atoms with Crippen LogP contribution in [0.1, 0.15) is 25.2 Å². The van der Waals surface area contributed by atoms with Crippen molar-refractivity contribution in [3.8, 4) is 0 Å². The lowest BCUT2D eigenvalue weighted by atomic mass is 9.96. The van der Waals surface area contributed by atoms with Gasteiger partial charge in [0.1, 0.15) is 23.3 Å². The minimum absolute atomic E-state index is 0.0630. The zero-order valence-corrected chi connectivity index (χ0v) is 16.2. The van der Waals surface area contributed by atoms with E-state index in [2.05, 4.69) is 36.3 Å². The molecule has 0 bridgehead atoms. The van der Waals surface area contributed by atoms with Gasteiger partial charge in [-0.2, -0.15) is 4.99 Å². The van der Waals surface area contributed by atoms with Crippen molar-refractivity contribution in [2.45, 2.75) is 34.0 Å². The molecule has 0 saturated heterocycles. The SMILES string of the molecule is CC1=CC=C(C)C1C1=NC2N=C(n3c(C)ccc3C)N=C3C=C(F)C=C(N1)N32. The Kier molecular flexibility index (Phi) is 3.56. The van der Waals surface area contributed by atoms with Gasteiger partial charge in [0.15, 0.2) is 0 Å². The van der Waals surface area contributed by atoms with Crippen molar-refractivity contribution in [3.05, 3.63) is 70.6 Å². The van der Waals surface area contributed by atoms with E-state index in [1.807, 2.05) is 35.4 Å². The number of halogens is 1. The predicted molar refractivity (Wildman–Crippen MR) is 109 cm³/mol. The van der Waals surface area contributed by atoms with Crippen LogP contribution in [0.2, 0.25) is 0 Å². The van der Waals surface area contributed by atoms with Crippen LogP contribution in [0.5, 0.6) is 0 Å². The highest BCUT2D eigenvalue weighted by Crippen LogP contribution is 2.33. The summed E-state index contributed by atoms with van der Waals surface area (Å²) in [4.78, 5) is 16.1. The van der Waals surface area contributed by atoms with Crippen molar-refractivity contribution in [2.75, 3.05) is 0 Å². The van der Waals surface area contributed by atoms with E-state index in [4.69, 9.17) is 9.98 Å². The number of rotatable bonds is 1. The molecule has 4 heterocycles. The van der Waals surface area contributed by atoms with E-state index in [1.165, 1.54) is 23.3 Å². The first kappa shape index (κ1) is 16.9. The summed E-state index contributed by atoms with van der Waals surface area (Å²) in [6.07, 6.45) is 6.58. The third kappa shape index (κ3) is 2.42. The molecule has 6 nitrogen and oxygen atoms in total. The van der Waals surface area contributed by atoms with Gasteiger partial charge in [0.25, 0.3) is 0 Å². The molecule has 28 heavy (non-hydrogen) atoms. The largest absolute Gasteiger partial charge is 0.329 e. The number of aliphatic imine (C=N–C) groups is 3. The number of allylic oxidation sites excluding steroid dienone is 4. The van der Waals surface area contributed by atoms with Crippen LogP contribution in [0, 0.1) is 19.8 Å². The highest BCUT2D eigenvalue weighted by Gasteiger charge is 2.38. The van der Waals surface area contributed by atoms with Crippen molar-refractivity contribution < 1.29 is 4.39 Å². The molecule has 0 amide bonds. The molecule has 0 radical (unpaired) electrons. The number of hydrogen-bond donors (Lipinski definition) is 1. The zero-order valence-electron chi connectivity index (χ0n) is 16.2. The van der Waals surface area contributed by atoms with E-state index in [1.54, 1.807) is 0 Å². The predicted octanol–water partition coefficient (Wildman–Crippen LogP) is 3.54. The van der Waals surface area contributed by atoms with Crippen LogP contribution < -0.4 is 5.32 Å². The Labute approximate surface area is 162 Å². The summed E-state index contributed by atoms with van der Waals surface area (Å²) in [6.45, 7) is 8.17. The molecule has 0 aromatic carbocycles. The van der Waals surface area contributed by atoms with Gasteiger partial charge in [-0.3, -0.25) is 9.47 Å². The van der Waals surface area contributed by atoms with E-state index in [0.29, 0.717) is 17.6 Å². The van der Waals surface area contributed by atoms with Gasteiger partial charge in [0.05, 0.1) is 5.92 Å². The highest BCUT2D eigenvalue weighted by atomic mass is 19.1. The second-order valence-electron chi connectivity index (χ2n) is 7.52. The Morgan fingerprint density at radius 2 is 1.64 bits per heavy atom. The summed E-state index contributed by atoms with van der Waals surface area (Å²) in [6, 6.07) is 4.04. The summed E-state index contributed by atoms with van der Waals surface area (Å²) < 4.78 is 16.3. The normalized spacial score (nSPS) is 23.7. The number of aryl methyl sites for hydroxylation is 2. The summed E-state index contributed by atoms with van der Waals surface area (Å²) in [5, 5.41) is 3.31. The first-order valence-corrected chi connectivity index (χ1v) is 9.32. The van der Waals surface area contributed by atoms with Crippen molar-refractivity contribution in [1.29, 1.82) is 0 Å². The van der Waals surface area contributed by atoms with Crippen molar-refractivity contribution in [3.63, 3.8) is 0 Å². The average molecular weight is 376 g/mol. The summed E-state index contributed by atoms with van der Waals surface area (Å²) in [5.74, 6) is 2.15. The fourth-order valence-electron chi connectivity index (χ4n) is 4.13. The van der Waals surface area contributed by atoms with E-state index in [9.17, 15) is 4.39 Å². The topological polar surface area (TPSA) is 57.3 Å². The molecule has 0 spiro atoms. The molecule has 1 atom stereocenters. The average Bonchev–Trinajstić information content (AvgIpc) is 3.15. The molecule has 1 N–H and O–H groups in total. The molecule has 0 saturated carbocycles. The summed E-state index contributed by atoms with van der Waals surface area (Å²) >= 11 is 0. The second-order valence-corrected chi connectivity index (χ2v) is 7.52. The molecule has 1 aromatic heterocycles. The molecule has 7 heteroatoms. The Hall–Kier alpha value is -3.22. The summed E-state index contributed by atoms with van der Waals surface area (Å²) in [5.41, 5.74) is 4.46. The molecule has 0 fully saturated rings. The molecule has 4 aliphatic rings. The highest BCUT2D eigenvalue weighted by molar-refractivity contribution is 6.07. The minimum Gasteiger partial charge on any atom is -0.329 e. The molecule has 1 aliphatic carbocycles. The molecule has 5 rings (SSSR count). The molecule has 1 unspecified atom stereocenters. The molecule has 142 valence electrons. The molecular formula is C21H21FN6. The van der Waals surface area contributed by atoms with E-state index in [-0.39, 0.29) is 11.7 Å². The molecule has 3 aliphatic heterocycles. The molecule has 1 aromatic rings. The lowest BCUT2D eigenvalue weighted by molar-refractivity contribution is 0.353. The first-order chi connectivity index (χ1) is 13.4. The Morgan fingerprint density at radius 1 is 0.964 bits per heavy atom. The number of nitrogens with zero attached hydrogens (tertiary/aromatic N) is 5. The van der Waals surface area contributed by atoms with E-state index in [0.717, 1.165) is 17.2 Å². The van der Waals surface area contributed by atoms with Gasteiger partial charge in [0.2, 0.25) is 12.2 Å². The number of aromatic nitrogens is 1. The zero-order chi connectivity index (χ0) is 19.6. The molecular weight excluding hydrogens is 355 g/mol. The maximum Gasteiger partial charge on any atom is 0.235 e. The maximum absolute atomic E-state index is 14.4. The maximum atomic E-state index is 14.4. The van der Waals surface area contributed by atoms with E-state index >= 15 is 0 Å². The number of hydrogen-bond acceptors (Lipinski definition) is 5. The van der Waals surface area contributed by atoms with Gasteiger partial charge in [-0.1, -0.05) is 23.3 Å². The lowest BCUT2D eigenvalue weighted by Gasteiger charge is -2.40. The Bertz CT molecular complexity index is 1070. The quantitative estimate of drug-likeness (QED) is 0.815. The fourth-order valence-corrected chi connectivity index (χ4v) is 4.13. The smallest absolute Gasteiger partial charge is 0.235 e. The van der Waals surface area contributed by atoms with Crippen LogP contribution in [0.15, 0.2) is 74.2 Å².